The summed E-state index contributed by atoms with van der Waals surface area (Å²) in [5.74, 6) is 3.21. The van der Waals surface area contributed by atoms with Crippen LogP contribution in [0.2, 0.25) is 0 Å². The van der Waals surface area contributed by atoms with E-state index >= 15 is 0 Å². The first-order chi connectivity index (χ1) is 8.92. The van der Waals surface area contributed by atoms with E-state index in [4.69, 9.17) is 5.84 Å². The Morgan fingerprint density at radius 2 is 1.89 bits per heavy atom. The van der Waals surface area contributed by atoms with E-state index in [0.717, 1.165) is 12.8 Å². The van der Waals surface area contributed by atoms with Crippen molar-refractivity contribution in [2.24, 2.45) is 11.3 Å². The number of nitrogens with two attached hydrogens (primary N) is 1. The molecule has 108 valence electrons. The van der Waals surface area contributed by atoms with Crippen LogP contribution in [0.5, 0.6) is 0 Å². The topological polar surface area (TPSA) is 98.5 Å². The van der Waals surface area contributed by atoms with Crippen molar-refractivity contribution in [3.8, 4) is 0 Å². The van der Waals surface area contributed by atoms with Crippen molar-refractivity contribution in [2.45, 2.75) is 52.0 Å². The normalized spacial score (nSPS) is 18.9. The van der Waals surface area contributed by atoms with Gasteiger partial charge >= 0.3 is 5.97 Å². The SMILES string of the molecule is CCOC(=O)C(=O)CC(=O)C1(C)CC1.NNC1CC1. The maximum absolute atomic E-state index is 11.4. The number of ether oxygens (including phenoxy) is 1. The van der Waals surface area contributed by atoms with Crippen molar-refractivity contribution < 1.29 is 19.1 Å². The molecule has 0 spiro atoms. The van der Waals surface area contributed by atoms with Gasteiger partial charge in [-0.2, -0.15) is 0 Å². The molecule has 3 N–H and O–H groups in total. The third-order valence-electron chi connectivity index (χ3n) is 3.31. The molecule has 0 aliphatic heterocycles. The predicted molar refractivity (Wildman–Crippen MR) is 69.0 cm³/mol. The molecule has 19 heavy (non-hydrogen) atoms. The maximum atomic E-state index is 11.4. The second kappa shape index (κ2) is 6.77. The standard InChI is InChI=1S/C10H14O4.C3H8N2/c1-3-14-9(13)7(11)6-8(12)10(2)4-5-10;4-5-3-1-2-3/h3-6H2,1-2H3;3,5H,1-2,4H2. The van der Waals surface area contributed by atoms with E-state index in [-0.39, 0.29) is 24.2 Å². The summed E-state index contributed by atoms with van der Waals surface area (Å²) in [5.41, 5.74) is 2.29. The van der Waals surface area contributed by atoms with Crippen molar-refractivity contribution in [1.82, 2.24) is 5.43 Å². The highest BCUT2D eigenvalue weighted by Gasteiger charge is 2.45. The molecule has 0 atom stereocenters. The smallest absolute Gasteiger partial charge is 0.375 e. The molecule has 2 saturated carbocycles. The third-order valence-corrected chi connectivity index (χ3v) is 3.31. The Morgan fingerprint density at radius 3 is 2.21 bits per heavy atom. The van der Waals surface area contributed by atoms with Crippen molar-refractivity contribution in [3.63, 3.8) is 0 Å². The Morgan fingerprint density at radius 1 is 1.32 bits per heavy atom. The summed E-state index contributed by atoms with van der Waals surface area (Å²) in [6, 6.07) is 0.662. The van der Waals surface area contributed by atoms with Crippen LogP contribution in [0.3, 0.4) is 0 Å². The average Bonchev–Trinajstić information content (AvgIpc) is 3.25. The monoisotopic (exact) mass is 270 g/mol. The number of ketones is 2. The number of hydrogen-bond donors (Lipinski definition) is 2. The fourth-order valence-corrected chi connectivity index (χ4v) is 1.36. The molecule has 2 aliphatic carbocycles. The van der Waals surface area contributed by atoms with Gasteiger partial charge in [0.15, 0.2) is 0 Å². The highest BCUT2D eigenvalue weighted by atomic mass is 16.5. The second-order valence-corrected chi connectivity index (χ2v) is 5.25. The molecule has 0 radical (unpaired) electrons. The van der Waals surface area contributed by atoms with Gasteiger partial charge in [-0.15, -0.1) is 0 Å². The Balaban J connectivity index is 0.000000300. The Bertz CT molecular complexity index is 360. The summed E-state index contributed by atoms with van der Waals surface area (Å²) in [7, 11) is 0. The molecule has 6 heteroatoms. The summed E-state index contributed by atoms with van der Waals surface area (Å²) < 4.78 is 4.50. The van der Waals surface area contributed by atoms with Crippen LogP contribution in [0.1, 0.15) is 46.0 Å². The van der Waals surface area contributed by atoms with E-state index < -0.39 is 11.8 Å². The van der Waals surface area contributed by atoms with E-state index in [2.05, 4.69) is 10.2 Å². The fraction of sp³-hybridized carbons (Fsp3) is 0.769. The first-order valence-corrected chi connectivity index (χ1v) is 6.62. The van der Waals surface area contributed by atoms with Crippen molar-refractivity contribution in [2.75, 3.05) is 6.61 Å². The predicted octanol–water partition coefficient (Wildman–Crippen LogP) is 0.490. The van der Waals surface area contributed by atoms with Gasteiger partial charge in [0.2, 0.25) is 5.78 Å². The van der Waals surface area contributed by atoms with Gasteiger partial charge in [-0.25, -0.2) is 4.79 Å². The zero-order chi connectivity index (χ0) is 14.5. The number of nitrogens with one attached hydrogen (secondary N) is 1. The zero-order valence-electron chi connectivity index (χ0n) is 11.5. The number of rotatable bonds is 6. The van der Waals surface area contributed by atoms with Crippen LogP contribution in [0.25, 0.3) is 0 Å². The van der Waals surface area contributed by atoms with E-state index in [1.807, 2.05) is 6.92 Å². The molecule has 0 unspecified atom stereocenters. The van der Waals surface area contributed by atoms with Crippen LogP contribution < -0.4 is 11.3 Å². The Kier molecular flexibility index (Phi) is 5.62. The number of hydrogen-bond acceptors (Lipinski definition) is 6. The minimum absolute atomic E-state index is 0.143. The number of hydrazine groups is 1. The summed E-state index contributed by atoms with van der Waals surface area (Å²) in [6.45, 7) is 3.60. The van der Waals surface area contributed by atoms with Gasteiger partial charge in [0.1, 0.15) is 5.78 Å². The van der Waals surface area contributed by atoms with Gasteiger partial charge in [-0.05, 0) is 32.6 Å². The van der Waals surface area contributed by atoms with E-state index in [0.29, 0.717) is 6.04 Å². The minimum Gasteiger partial charge on any atom is -0.460 e. The Hall–Kier alpha value is -1.27. The van der Waals surface area contributed by atoms with Crippen molar-refractivity contribution in [1.29, 1.82) is 0 Å². The molecule has 0 saturated heterocycles. The lowest BCUT2D eigenvalue weighted by Gasteiger charge is -2.05. The summed E-state index contributed by atoms with van der Waals surface area (Å²) in [6.07, 6.45) is 3.88. The van der Waals surface area contributed by atoms with E-state index in [1.54, 1.807) is 6.92 Å². The summed E-state index contributed by atoms with van der Waals surface area (Å²) in [4.78, 5) is 33.4. The third kappa shape index (κ3) is 5.48. The molecule has 6 nitrogen and oxygen atoms in total. The van der Waals surface area contributed by atoms with Gasteiger partial charge in [0.05, 0.1) is 13.0 Å². The Labute approximate surface area is 113 Å². The molecule has 2 rings (SSSR count). The molecule has 2 aliphatic rings. The highest BCUT2D eigenvalue weighted by Crippen LogP contribution is 2.46. The van der Waals surface area contributed by atoms with Gasteiger partial charge in [0, 0.05) is 11.5 Å². The van der Waals surface area contributed by atoms with Crippen molar-refractivity contribution in [3.05, 3.63) is 0 Å². The van der Waals surface area contributed by atoms with Crippen LogP contribution in [-0.4, -0.2) is 30.2 Å². The minimum atomic E-state index is -0.898. The highest BCUT2D eigenvalue weighted by molar-refractivity contribution is 6.37. The van der Waals surface area contributed by atoms with Crippen LogP contribution in [-0.2, 0) is 19.1 Å². The van der Waals surface area contributed by atoms with Gasteiger partial charge in [-0.1, -0.05) is 6.92 Å². The van der Waals surface area contributed by atoms with Crippen LogP contribution >= 0.6 is 0 Å². The first-order valence-electron chi connectivity index (χ1n) is 6.62. The second-order valence-electron chi connectivity index (χ2n) is 5.25. The molecule has 0 amide bonds. The first kappa shape index (κ1) is 15.8. The van der Waals surface area contributed by atoms with E-state index in [9.17, 15) is 14.4 Å². The van der Waals surface area contributed by atoms with Gasteiger partial charge in [0.25, 0.3) is 0 Å². The summed E-state index contributed by atoms with van der Waals surface area (Å²) in [5, 5.41) is 0. The largest absolute Gasteiger partial charge is 0.460 e. The lowest BCUT2D eigenvalue weighted by molar-refractivity contribution is -0.154. The van der Waals surface area contributed by atoms with E-state index in [1.165, 1.54) is 12.8 Å². The summed E-state index contributed by atoms with van der Waals surface area (Å²) >= 11 is 0. The molecular weight excluding hydrogens is 248 g/mol. The number of carbonyl (C=O) groups excluding carboxylic acids is 3. The molecule has 0 heterocycles. The number of carbonyl (C=O) groups is 3. The lowest BCUT2D eigenvalue weighted by atomic mass is 9.99. The molecule has 2 fully saturated rings. The zero-order valence-corrected chi connectivity index (χ0v) is 11.5. The van der Waals surface area contributed by atoms with Crippen LogP contribution in [0.4, 0.5) is 0 Å². The maximum Gasteiger partial charge on any atom is 0.375 e. The molecular formula is C13H22N2O4. The molecule has 0 aromatic carbocycles. The molecule has 0 bridgehead atoms. The van der Waals surface area contributed by atoms with Crippen LogP contribution in [0, 0.1) is 5.41 Å². The fourth-order valence-electron chi connectivity index (χ4n) is 1.36. The quantitative estimate of drug-likeness (QED) is 0.240. The molecule has 0 aromatic rings. The number of Topliss-reactive ketones (excluding diaryl/α,β-unsaturated/α-hetero) is 2. The van der Waals surface area contributed by atoms with Gasteiger partial charge in [-0.3, -0.25) is 20.9 Å². The van der Waals surface area contributed by atoms with Crippen LogP contribution in [0.15, 0.2) is 0 Å². The van der Waals surface area contributed by atoms with Gasteiger partial charge < -0.3 is 4.74 Å². The lowest BCUT2D eigenvalue weighted by Crippen LogP contribution is -2.24. The average molecular weight is 270 g/mol. The van der Waals surface area contributed by atoms with Crippen molar-refractivity contribution >= 4 is 17.5 Å². The molecule has 0 aromatic heterocycles. The number of esters is 1.